The van der Waals surface area contributed by atoms with Crippen LogP contribution in [0.1, 0.15) is 5.56 Å². The molecule has 0 aliphatic heterocycles. The van der Waals surface area contributed by atoms with E-state index in [0.717, 1.165) is 5.56 Å². The third-order valence-corrected chi connectivity index (χ3v) is 6.15. The molecule has 0 aliphatic rings. The van der Waals surface area contributed by atoms with Gasteiger partial charge in [-0.1, -0.05) is 41.4 Å². The van der Waals surface area contributed by atoms with Crippen molar-refractivity contribution in [3.8, 4) is 11.4 Å². The van der Waals surface area contributed by atoms with Crippen molar-refractivity contribution in [2.24, 2.45) is 0 Å². The number of halogens is 1. The van der Waals surface area contributed by atoms with Crippen LogP contribution in [0.3, 0.4) is 0 Å². The maximum atomic E-state index is 13.4. The molecule has 3 aromatic carbocycles. The van der Waals surface area contributed by atoms with Crippen molar-refractivity contribution in [2.75, 3.05) is 0 Å². The largest absolute Gasteiger partial charge is 0.269 e. The van der Waals surface area contributed by atoms with E-state index in [1.54, 1.807) is 66.7 Å². The predicted octanol–water partition coefficient (Wildman–Crippen LogP) is 4.90. The van der Waals surface area contributed by atoms with Crippen LogP contribution in [0.5, 0.6) is 0 Å². The first-order valence-corrected chi connectivity index (χ1v) is 9.84. The van der Waals surface area contributed by atoms with Crippen LogP contribution in [0.2, 0.25) is 5.02 Å². The highest BCUT2D eigenvalue weighted by Crippen LogP contribution is 2.30. The van der Waals surface area contributed by atoms with Gasteiger partial charge in [0.15, 0.2) is 5.82 Å². The standard InChI is InChI=1S/C20H15ClN2O2S/c1-14-6-12-17(13-7-14)26(24,25)23-19-5-3-2-4-18(19)22-20(23)15-8-10-16(21)11-9-15/h2-13H,1H3. The van der Waals surface area contributed by atoms with E-state index in [2.05, 4.69) is 4.98 Å². The third-order valence-electron chi connectivity index (χ3n) is 4.18. The molecular formula is C20H15ClN2O2S. The molecule has 0 saturated heterocycles. The van der Waals surface area contributed by atoms with Gasteiger partial charge in [-0.15, -0.1) is 0 Å². The first-order valence-electron chi connectivity index (χ1n) is 8.02. The number of hydrogen-bond acceptors (Lipinski definition) is 3. The summed E-state index contributed by atoms with van der Waals surface area (Å²) in [6.45, 7) is 1.92. The topological polar surface area (TPSA) is 52.0 Å². The second-order valence-electron chi connectivity index (χ2n) is 6.01. The number of hydrogen-bond donors (Lipinski definition) is 0. The van der Waals surface area contributed by atoms with E-state index in [1.165, 1.54) is 3.97 Å². The van der Waals surface area contributed by atoms with Crippen LogP contribution < -0.4 is 0 Å². The van der Waals surface area contributed by atoms with Gasteiger partial charge in [0.2, 0.25) is 0 Å². The molecule has 6 heteroatoms. The summed E-state index contributed by atoms with van der Waals surface area (Å²) in [5, 5.41) is 0.581. The van der Waals surface area contributed by atoms with Gasteiger partial charge < -0.3 is 0 Å². The number of fused-ring (bicyclic) bond motifs is 1. The fourth-order valence-electron chi connectivity index (χ4n) is 2.84. The molecule has 130 valence electrons. The summed E-state index contributed by atoms with van der Waals surface area (Å²) < 4.78 is 28.1. The smallest absolute Gasteiger partial charge is 0.227 e. The lowest BCUT2D eigenvalue weighted by Gasteiger charge is -2.11. The van der Waals surface area contributed by atoms with Crippen molar-refractivity contribution in [1.82, 2.24) is 8.96 Å². The Morgan fingerprint density at radius 2 is 1.54 bits per heavy atom. The van der Waals surface area contributed by atoms with Crippen LogP contribution in [-0.4, -0.2) is 17.4 Å². The average Bonchev–Trinajstić information content (AvgIpc) is 3.03. The zero-order valence-electron chi connectivity index (χ0n) is 13.9. The molecule has 0 atom stereocenters. The first-order chi connectivity index (χ1) is 12.5. The average molecular weight is 383 g/mol. The number of aromatic nitrogens is 2. The highest BCUT2D eigenvalue weighted by molar-refractivity contribution is 7.90. The molecule has 26 heavy (non-hydrogen) atoms. The van der Waals surface area contributed by atoms with Gasteiger partial charge in [0, 0.05) is 10.6 Å². The molecule has 1 heterocycles. The van der Waals surface area contributed by atoms with E-state index >= 15 is 0 Å². The molecule has 4 nitrogen and oxygen atoms in total. The van der Waals surface area contributed by atoms with E-state index in [1.807, 2.05) is 13.0 Å². The van der Waals surface area contributed by atoms with Gasteiger partial charge in [0.05, 0.1) is 15.9 Å². The maximum Gasteiger partial charge on any atom is 0.269 e. The fraction of sp³-hybridized carbons (Fsp3) is 0.0500. The molecule has 4 aromatic rings. The summed E-state index contributed by atoms with van der Waals surface area (Å²) in [6.07, 6.45) is 0. The second kappa shape index (κ2) is 6.27. The van der Waals surface area contributed by atoms with Crippen LogP contribution in [0.15, 0.2) is 77.7 Å². The Morgan fingerprint density at radius 1 is 0.885 bits per heavy atom. The van der Waals surface area contributed by atoms with Crippen LogP contribution in [-0.2, 0) is 10.0 Å². The number of rotatable bonds is 3. The molecule has 0 spiro atoms. The molecule has 4 rings (SSSR count). The lowest BCUT2D eigenvalue weighted by atomic mass is 10.2. The number of imidazole rings is 1. The highest BCUT2D eigenvalue weighted by Gasteiger charge is 2.24. The normalized spacial score (nSPS) is 11.8. The number of aryl methyl sites for hydroxylation is 1. The van der Waals surface area contributed by atoms with E-state index < -0.39 is 10.0 Å². The summed E-state index contributed by atoms with van der Waals surface area (Å²) in [5.74, 6) is 0.364. The minimum atomic E-state index is -3.81. The molecule has 0 bridgehead atoms. The maximum absolute atomic E-state index is 13.4. The van der Waals surface area contributed by atoms with Gasteiger partial charge in [0.25, 0.3) is 10.0 Å². The molecule has 0 radical (unpaired) electrons. The molecular weight excluding hydrogens is 368 g/mol. The van der Waals surface area contributed by atoms with E-state index in [9.17, 15) is 8.42 Å². The van der Waals surface area contributed by atoms with Crippen molar-refractivity contribution < 1.29 is 8.42 Å². The number of nitrogens with zero attached hydrogens (tertiary/aromatic N) is 2. The van der Waals surface area contributed by atoms with E-state index in [-0.39, 0.29) is 4.90 Å². The zero-order valence-corrected chi connectivity index (χ0v) is 15.5. The van der Waals surface area contributed by atoms with Crippen LogP contribution in [0.25, 0.3) is 22.4 Å². The SMILES string of the molecule is Cc1ccc(S(=O)(=O)n2c(-c3ccc(Cl)cc3)nc3ccccc32)cc1. The van der Waals surface area contributed by atoms with Gasteiger partial charge in [0.1, 0.15) is 0 Å². The molecule has 0 amide bonds. The van der Waals surface area contributed by atoms with Gasteiger partial charge in [-0.3, -0.25) is 0 Å². The summed E-state index contributed by atoms with van der Waals surface area (Å²) in [5.41, 5.74) is 2.84. The summed E-state index contributed by atoms with van der Waals surface area (Å²) >= 11 is 5.97. The van der Waals surface area contributed by atoms with Crippen molar-refractivity contribution in [2.45, 2.75) is 11.8 Å². The van der Waals surface area contributed by atoms with Gasteiger partial charge in [-0.05, 0) is 55.5 Å². The van der Waals surface area contributed by atoms with Crippen LogP contribution >= 0.6 is 11.6 Å². The first kappa shape index (κ1) is 16.8. The minimum Gasteiger partial charge on any atom is -0.227 e. The van der Waals surface area contributed by atoms with E-state index in [4.69, 9.17) is 11.6 Å². The monoisotopic (exact) mass is 382 g/mol. The van der Waals surface area contributed by atoms with Crippen molar-refractivity contribution in [3.05, 3.63) is 83.4 Å². The minimum absolute atomic E-state index is 0.224. The Kier molecular flexibility index (Phi) is 4.05. The molecule has 0 saturated carbocycles. The third kappa shape index (κ3) is 2.79. The van der Waals surface area contributed by atoms with Crippen LogP contribution in [0.4, 0.5) is 0 Å². The summed E-state index contributed by atoms with van der Waals surface area (Å²) in [7, 11) is -3.81. The Balaban J connectivity index is 2.03. The lowest BCUT2D eigenvalue weighted by Crippen LogP contribution is -2.14. The highest BCUT2D eigenvalue weighted by atomic mass is 35.5. The Bertz CT molecular complexity index is 1200. The summed E-state index contributed by atoms with van der Waals surface area (Å²) in [6, 6.07) is 21.0. The zero-order chi connectivity index (χ0) is 18.3. The molecule has 0 N–H and O–H groups in total. The second-order valence-corrected chi connectivity index (χ2v) is 8.24. The van der Waals surface area contributed by atoms with Gasteiger partial charge in [-0.2, -0.15) is 0 Å². The fourth-order valence-corrected chi connectivity index (χ4v) is 4.45. The quantitative estimate of drug-likeness (QED) is 0.506. The Labute approximate surface area is 156 Å². The van der Waals surface area contributed by atoms with Gasteiger partial charge >= 0.3 is 0 Å². The van der Waals surface area contributed by atoms with Gasteiger partial charge in [-0.25, -0.2) is 17.4 Å². The number of para-hydroxylation sites is 2. The predicted molar refractivity (Wildman–Crippen MR) is 104 cm³/mol. The van der Waals surface area contributed by atoms with Crippen molar-refractivity contribution in [3.63, 3.8) is 0 Å². The Morgan fingerprint density at radius 3 is 2.23 bits per heavy atom. The molecule has 1 aromatic heterocycles. The van der Waals surface area contributed by atoms with E-state index in [0.29, 0.717) is 27.4 Å². The summed E-state index contributed by atoms with van der Waals surface area (Å²) in [4.78, 5) is 4.79. The van der Waals surface area contributed by atoms with Crippen molar-refractivity contribution >= 4 is 32.7 Å². The Hall–Kier alpha value is -2.63. The lowest BCUT2D eigenvalue weighted by molar-refractivity contribution is 0.589. The molecule has 0 aliphatic carbocycles. The number of benzene rings is 3. The molecule has 0 fully saturated rings. The van der Waals surface area contributed by atoms with Crippen molar-refractivity contribution in [1.29, 1.82) is 0 Å². The molecule has 0 unspecified atom stereocenters. The van der Waals surface area contributed by atoms with Crippen LogP contribution in [0, 0.1) is 6.92 Å².